The van der Waals surface area contributed by atoms with Crippen LogP contribution in [0, 0.1) is 6.92 Å². The molecule has 0 saturated carbocycles. The number of methoxy groups -OCH3 is 2. The Kier molecular flexibility index (Phi) is 5.20. The van der Waals surface area contributed by atoms with Crippen LogP contribution >= 0.6 is 23.1 Å². The number of carbonyl (C=O) groups is 2. The van der Waals surface area contributed by atoms with Crippen molar-refractivity contribution in [2.45, 2.75) is 24.8 Å². The van der Waals surface area contributed by atoms with Crippen molar-refractivity contribution in [3.63, 3.8) is 0 Å². The average molecular weight is 420 g/mol. The van der Waals surface area contributed by atoms with E-state index in [0.717, 1.165) is 16.3 Å². The summed E-state index contributed by atoms with van der Waals surface area (Å²) < 4.78 is 10.8. The third-order valence-electron chi connectivity index (χ3n) is 4.90. The van der Waals surface area contributed by atoms with Crippen LogP contribution in [0.1, 0.15) is 32.0 Å². The van der Waals surface area contributed by atoms with Crippen LogP contribution in [0.4, 0.5) is 0 Å². The lowest BCUT2D eigenvalue weighted by atomic mass is 10.1. The van der Waals surface area contributed by atoms with E-state index in [-0.39, 0.29) is 17.2 Å². The highest BCUT2D eigenvalue weighted by Crippen LogP contribution is 2.52. The number of hydrogen-bond donors (Lipinski definition) is 1. The van der Waals surface area contributed by atoms with Gasteiger partial charge in [-0.25, -0.2) is 4.98 Å². The molecule has 0 aliphatic carbocycles. The van der Waals surface area contributed by atoms with Gasteiger partial charge in [0.25, 0.3) is 5.91 Å². The van der Waals surface area contributed by atoms with Gasteiger partial charge in [0.1, 0.15) is 11.4 Å². The molecule has 2 aliphatic heterocycles. The second-order valence-electron chi connectivity index (χ2n) is 6.60. The zero-order chi connectivity index (χ0) is 19.8. The van der Waals surface area contributed by atoms with Crippen molar-refractivity contribution < 1.29 is 19.1 Å². The first kappa shape index (κ1) is 19.1. The minimum Gasteiger partial charge on any atom is -0.493 e. The molecule has 2 amide bonds. The lowest BCUT2D eigenvalue weighted by molar-refractivity contribution is -0.124. The van der Waals surface area contributed by atoms with Gasteiger partial charge in [-0.05, 0) is 13.0 Å². The average Bonchev–Trinajstić information content (AvgIpc) is 3.38. The number of carbonyl (C=O) groups excluding carboxylic acids is 2. The van der Waals surface area contributed by atoms with E-state index in [4.69, 9.17) is 9.47 Å². The van der Waals surface area contributed by atoms with Crippen molar-refractivity contribution in [1.29, 1.82) is 0 Å². The molecule has 1 N–H and O–H groups in total. The van der Waals surface area contributed by atoms with Gasteiger partial charge < -0.3 is 19.7 Å². The first-order valence-electron chi connectivity index (χ1n) is 8.93. The second kappa shape index (κ2) is 7.63. The molecule has 148 valence electrons. The van der Waals surface area contributed by atoms with E-state index in [1.54, 1.807) is 41.2 Å². The zero-order valence-corrected chi connectivity index (χ0v) is 17.5. The number of thioether (sulfide) groups is 1. The molecule has 0 spiro atoms. The highest BCUT2D eigenvalue weighted by molar-refractivity contribution is 7.99. The topological polar surface area (TPSA) is 80.8 Å². The molecule has 0 radical (unpaired) electrons. The van der Waals surface area contributed by atoms with E-state index in [2.05, 4.69) is 10.3 Å². The number of nitrogens with one attached hydrogen (secondary N) is 1. The van der Waals surface area contributed by atoms with E-state index >= 15 is 0 Å². The molecular formula is C19H21N3O4S2. The fourth-order valence-electron chi connectivity index (χ4n) is 3.62. The Labute approximate surface area is 171 Å². The highest BCUT2D eigenvalue weighted by Gasteiger charge is 2.50. The van der Waals surface area contributed by atoms with Gasteiger partial charge in [0.15, 0.2) is 11.5 Å². The van der Waals surface area contributed by atoms with Gasteiger partial charge in [0.2, 0.25) is 5.91 Å². The number of rotatable bonds is 6. The number of nitrogens with zero attached hydrogens (tertiary/aromatic N) is 2. The number of aromatic nitrogens is 1. The fourth-order valence-corrected chi connectivity index (χ4v) is 5.85. The molecule has 2 aliphatic rings. The van der Waals surface area contributed by atoms with Crippen LogP contribution in [0.3, 0.4) is 0 Å². The highest BCUT2D eigenvalue weighted by atomic mass is 32.2. The van der Waals surface area contributed by atoms with Crippen LogP contribution in [0.25, 0.3) is 0 Å². The SMILES string of the molecule is COc1ccc2c(c1OC)C(=O)N1[C@@H](C(=O)NCCc3nc(C)cs3)CS[C@H]21. The second-order valence-corrected chi connectivity index (χ2v) is 8.66. The number of benzene rings is 1. The molecule has 1 saturated heterocycles. The number of ether oxygens (including phenoxy) is 2. The molecule has 4 rings (SSSR count). The maximum absolute atomic E-state index is 13.1. The summed E-state index contributed by atoms with van der Waals surface area (Å²) in [5.74, 6) is 1.21. The molecule has 7 nitrogen and oxygen atoms in total. The Morgan fingerprint density at radius 3 is 2.86 bits per heavy atom. The van der Waals surface area contributed by atoms with Crippen molar-refractivity contribution in [3.05, 3.63) is 39.3 Å². The third-order valence-corrected chi connectivity index (χ3v) is 7.23. The molecule has 1 aromatic heterocycles. The fraction of sp³-hybridized carbons (Fsp3) is 0.421. The maximum Gasteiger partial charge on any atom is 0.260 e. The van der Waals surface area contributed by atoms with Gasteiger partial charge in [-0.2, -0.15) is 0 Å². The molecule has 9 heteroatoms. The molecule has 28 heavy (non-hydrogen) atoms. The predicted molar refractivity (Wildman–Crippen MR) is 108 cm³/mol. The van der Waals surface area contributed by atoms with Gasteiger partial charge in [0, 0.05) is 35.4 Å². The van der Waals surface area contributed by atoms with Gasteiger partial charge in [0.05, 0.1) is 24.8 Å². The van der Waals surface area contributed by atoms with Gasteiger partial charge in [-0.1, -0.05) is 6.07 Å². The molecule has 0 bridgehead atoms. The molecule has 2 atom stereocenters. The Balaban J connectivity index is 1.48. The van der Waals surface area contributed by atoms with Crippen LogP contribution < -0.4 is 14.8 Å². The Hall–Kier alpha value is -2.26. The van der Waals surface area contributed by atoms with Gasteiger partial charge in [-0.15, -0.1) is 23.1 Å². The number of thiazole rings is 1. The van der Waals surface area contributed by atoms with Crippen molar-refractivity contribution in [2.75, 3.05) is 26.5 Å². The Bertz CT molecular complexity index is 930. The summed E-state index contributed by atoms with van der Waals surface area (Å²) in [7, 11) is 3.06. The lowest BCUT2D eigenvalue weighted by Crippen LogP contribution is -2.46. The number of aryl methyl sites for hydroxylation is 1. The van der Waals surface area contributed by atoms with E-state index < -0.39 is 6.04 Å². The zero-order valence-electron chi connectivity index (χ0n) is 15.9. The van der Waals surface area contributed by atoms with Crippen molar-refractivity contribution in [2.24, 2.45) is 0 Å². The van der Waals surface area contributed by atoms with Crippen LogP contribution in [0.2, 0.25) is 0 Å². The largest absolute Gasteiger partial charge is 0.493 e. The Morgan fingerprint density at radius 2 is 2.18 bits per heavy atom. The van der Waals surface area contributed by atoms with Crippen molar-refractivity contribution in [3.8, 4) is 11.5 Å². The predicted octanol–water partition coefficient (Wildman–Crippen LogP) is 2.40. The monoisotopic (exact) mass is 419 g/mol. The normalized spacial score (nSPS) is 20.1. The summed E-state index contributed by atoms with van der Waals surface area (Å²) in [6.07, 6.45) is 0.687. The van der Waals surface area contributed by atoms with Crippen molar-refractivity contribution in [1.82, 2.24) is 15.2 Å². The van der Waals surface area contributed by atoms with Crippen LogP contribution in [-0.2, 0) is 11.2 Å². The summed E-state index contributed by atoms with van der Waals surface area (Å²) in [5.41, 5.74) is 2.36. The molecule has 3 heterocycles. The summed E-state index contributed by atoms with van der Waals surface area (Å²) in [4.78, 5) is 32.0. The number of amides is 2. The van der Waals surface area contributed by atoms with E-state index in [1.165, 1.54) is 7.11 Å². The van der Waals surface area contributed by atoms with E-state index in [9.17, 15) is 9.59 Å². The Morgan fingerprint density at radius 1 is 1.36 bits per heavy atom. The summed E-state index contributed by atoms with van der Waals surface area (Å²) in [6.45, 7) is 2.46. The van der Waals surface area contributed by atoms with Crippen LogP contribution in [-0.4, -0.2) is 54.3 Å². The molecule has 1 fully saturated rings. The minimum atomic E-state index is -0.497. The molecule has 0 unspecified atom stereocenters. The first-order chi connectivity index (χ1) is 13.5. The first-order valence-corrected chi connectivity index (χ1v) is 10.9. The summed E-state index contributed by atoms with van der Waals surface area (Å²) >= 11 is 3.19. The van der Waals surface area contributed by atoms with Gasteiger partial charge in [-0.3, -0.25) is 9.59 Å². The molecular weight excluding hydrogens is 398 g/mol. The summed E-state index contributed by atoms with van der Waals surface area (Å²) in [5, 5.41) is 5.79. The molecule has 2 aromatic rings. The quantitative estimate of drug-likeness (QED) is 0.774. The van der Waals surface area contributed by atoms with Crippen molar-refractivity contribution >= 4 is 34.9 Å². The van der Waals surface area contributed by atoms with E-state index in [0.29, 0.717) is 35.8 Å². The van der Waals surface area contributed by atoms with Crippen LogP contribution in [0.5, 0.6) is 11.5 Å². The standard InChI is InChI=1S/C19H21N3O4S2/c1-10-8-27-14(21-10)6-7-20-17(23)12-9-28-19-11-4-5-13(25-2)16(26-3)15(11)18(24)22(12)19/h4-5,8,12,19H,6-7,9H2,1-3H3,(H,20,23)/t12-,19-/m1/s1. The smallest absolute Gasteiger partial charge is 0.260 e. The van der Waals surface area contributed by atoms with Gasteiger partial charge >= 0.3 is 0 Å². The number of fused-ring (bicyclic) bond motifs is 3. The van der Waals surface area contributed by atoms with E-state index in [1.807, 2.05) is 18.4 Å². The number of hydrogen-bond acceptors (Lipinski definition) is 7. The maximum atomic E-state index is 13.1. The lowest BCUT2D eigenvalue weighted by Gasteiger charge is -2.22. The molecule has 1 aromatic carbocycles. The van der Waals surface area contributed by atoms with Crippen LogP contribution in [0.15, 0.2) is 17.5 Å². The third kappa shape index (κ3) is 3.12. The summed E-state index contributed by atoms with van der Waals surface area (Å²) in [6, 6.07) is 3.19. The minimum absolute atomic E-state index is 0.129.